The Morgan fingerprint density at radius 1 is 1.05 bits per heavy atom. The Hall–Kier alpha value is -0.900. The van der Waals surface area contributed by atoms with E-state index in [4.69, 9.17) is 0 Å². The molecule has 126 valence electrons. The third kappa shape index (κ3) is 4.55. The van der Waals surface area contributed by atoms with Gasteiger partial charge in [0.05, 0.1) is 12.3 Å². The summed E-state index contributed by atoms with van der Waals surface area (Å²) in [5.74, 6) is 1.47. The van der Waals surface area contributed by atoms with Gasteiger partial charge in [-0.15, -0.1) is 5.10 Å². The van der Waals surface area contributed by atoms with E-state index in [2.05, 4.69) is 28.8 Å². The van der Waals surface area contributed by atoms with E-state index in [1.54, 1.807) is 0 Å². The number of unbranched alkanes of at least 4 members (excludes halogenated alkanes) is 3. The molecule has 1 aliphatic carbocycles. The van der Waals surface area contributed by atoms with Crippen LogP contribution in [0.15, 0.2) is 0 Å². The first-order valence-corrected chi connectivity index (χ1v) is 9.33. The summed E-state index contributed by atoms with van der Waals surface area (Å²) in [6.45, 7) is 5.48. The van der Waals surface area contributed by atoms with Crippen LogP contribution in [-0.2, 0) is 13.2 Å². The predicted molar refractivity (Wildman–Crippen MR) is 89.7 cm³/mol. The molecule has 1 aromatic rings. The minimum atomic E-state index is 0.0267. The highest BCUT2D eigenvalue weighted by molar-refractivity contribution is 5.16. The summed E-state index contributed by atoms with van der Waals surface area (Å²) in [5, 5.41) is 18.1. The molecule has 0 unspecified atom stereocenters. The fourth-order valence-corrected chi connectivity index (χ4v) is 3.81. The Morgan fingerprint density at radius 2 is 1.77 bits per heavy atom. The van der Waals surface area contributed by atoms with Gasteiger partial charge in [-0.3, -0.25) is 0 Å². The number of aliphatic hydroxyl groups excluding tert-OH is 1. The van der Waals surface area contributed by atoms with E-state index in [1.165, 1.54) is 63.5 Å². The molecule has 0 amide bonds. The molecular formula is C18H33N3O. The van der Waals surface area contributed by atoms with Crippen molar-refractivity contribution in [1.29, 1.82) is 0 Å². The van der Waals surface area contributed by atoms with E-state index >= 15 is 0 Å². The Labute approximate surface area is 135 Å². The minimum absolute atomic E-state index is 0.0267. The van der Waals surface area contributed by atoms with Gasteiger partial charge in [0.25, 0.3) is 0 Å². The highest BCUT2D eigenvalue weighted by Gasteiger charge is 2.27. The number of aryl methyl sites for hydroxylation is 1. The van der Waals surface area contributed by atoms with Gasteiger partial charge < -0.3 is 5.11 Å². The van der Waals surface area contributed by atoms with Gasteiger partial charge in [0.2, 0.25) is 0 Å². The summed E-state index contributed by atoms with van der Waals surface area (Å²) in [6, 6.07) is 0. The lowest BCUT2D eigenvalue weighted by atomic mass is 9.78. The van der Waals surface area contributed by atoms with Gasteiger partial charge in [0.1, 0.15) is 5.69 Å². The molecule has 1 saturated carbocycles. The second-order valence-electron chi connectivity index (χ2n) is 6.87. The molecule has 1 fully saturated rings. The largest absolute Gasteiger partial charge is 0.390 e. The number of aromatic nitrogens is 3. The van der Waals surface area contributed by atoms with Gasteiger partial charge in [0, 0.05) is 12.5 Å². The molecule has 0 saturated heterocycles. The van der Waals surface area contributed by atoms with Gasteiger partial charge in [0.15, 0.2) is 0 Å². The van der Waals surface area contributed by atoms with Gasteiger partial charge in [-0.05, 0) is 38.0 Å². The Bertz CT molecular complexity index is 422. The molecule has 0 aliphatic heterocycles. The van der Waals surface area contributed by atoms with Crippen LogP contribution in [0.5, 0.6) is 0 Å². The Morgan fingerprint density at radius 3 is 2.41 bits per heavy atom. The van der Waals surface area contributed by atoms with Crippen LogP contribution in [0.3, 0.4) is 0 Å². The van der Waals surface area contributed by atoms with Crippen LogP contribution in [-0.4, -0.2) is 20.1 Å². The summed E-state index contributed by atoms with van der Waals surface area (Å²) in [7, 11) is 0. The van der Waals surface area contributed by atoms with Crippen LogP contribution >= 0.6 is 0 Å². The van der Waals surface area contributed by atoms with E-state index in [0.29, 0.717) is 5.92 Å². The Balaban J connectivity index is 1.97. The van der Waals surface area contributed by atoms with Crippen molar-refractivity contribution in [3.05, 3.63) is 11.4 Å². The van der Waals surface area contributed by atoms with Gasteiger partial charge >= 0.3 is 0 Å². The van der Waals surface area contributed by atoms with Crippen molar-refractivity contribution in [2.75, 3.05) is 0 Å². The second kappa shape index (κ2) is 9.29. The van der Waals surface area contributed by atoms with Crippen LogP contribution < -0.4 is 0 Å². The molecule has 4 heteroatoms. The maximum atomic E-state index is 9.59. The average molecular weight is 307 g/mol. The topological polar surface area (TPSA) is 50.9 Å². The molecule has 1 heterocycles. The molecule has 0 spiro atoms. The molecule has 0 radical (unpaired) electrons. The Kier molecular flexibility index (Phi) is 7.37. The van der Waals surface area contributed by atoms with E-state index < -0.39 is 0 Å². The molecule has 22 heavy (non-hydrogen) atoms. The normalized spacial score (nSPS) is 22.1. The highest BCUT2D eigenvalue weighted by atomic mass is 16.3. The zero-order valence-corrected chi connectivity index (χ0v) is 14.4. The van der Waals surface area contributed by atoms with E-state index in [1.807, 2.05) is 0 Å². The number of nitrogens with zero attached hydrogens (tertiary/aromatic N) is 3. The quantitative estimate of drug-likeness (QED) is 0.687. The molecule has 4 nitrogen and oxygen atoms in total. The molecule has 1 aromatic heterocycles. The lowest BCUT2D eigenvalue weighted by molar-refractivity contribution is 0.266. The summed E-state index contributed by atoms with van der Waals surface area (Å²) < 4.78 is 2.08. The third-order valence-corrected chi connectivity index (χ3v) is 5.17. The SMILES string of the molecule is CCCCCn1nnc(CO)c1C1CCC(CCCC)CC1. The standard InChI is InChI=1S/C18H33N3O/c1-3-5-7-13-21-18(17(14-22)19-20-21)16-11-9-15(10-12-16)8-6-4-2/h15-16,22H,3-14H2,1-2H3. The van der Waals surface area contributed by atoms with E-state index in [0.717, 1.165) is 24.6 Å². The monoisotopic (exact) mass is 307 g/mol. The van der Waals surface area contributed by atoms with Gasteiger partial charge in [-0.2, -0.15) is 0 Å². The smallest absolute Gasteiger partial charge is 0.112 e. The average Bonchev–Trinajstić information content (AvgIpc) is 2.96. The van der Waals surface area contributed by atoms with Crippen LogP contribution in [0.4, 0.5) is 0 Å². The maximum Gasteiger partial charge on any atom is 0.112 e. The van der Waals surface area contributed by atoms with Crippen molar-refractivity contribution >= 4 is 0 Å². The summed E-state index contributed by atoms with van der Waals surface area (Å²) >= 11 is 0. The molecular weight excluding hydrogens is 274 g/mol. The third-order valence-electron chi connectivity index (χ3n) is 5.17. The predicted octanol–water partition coefficient (Wildman–Crippen LogP) is 4.42. The van der Waals surface area contributed by atoms with E-state index in [-0.39, 0.29) is 6.61 Å². The first kappa shape index (κ1) is 17.5. The van der Waals surface area contributed by atoms with Gasteiger partial charge in [-0.1, -0.05) is 51.2 Å². The van der Waals surface area contributed by atoms with Crippen LogP contribution in [0.2, 0.25) is 0 Å². The highest BCUT2D eigenvalue weighted by Crippen LogP contribution is 2.38. The van der Waals surface area contributed by atoms with E-state index in [9.17, 15) is 5.11 Å². The maximum absolute atomic E-state index is 9.59. The fraction of sp³-hybridized carbons (Fsp3) is 0.889. The van der Waals surface area contributed by atoms with Crippen molar-refractivity contribution in [2.45, 2.75) is 97.1 Å². The minimum Gasteiger partial charge on any atom is -0.390 e. The first-order valence-electron chi connectivity index (χ1n) is 9.33. The van der Waals surface area contributed by atoms with Crippen LogP contribution in [0, 0.1) is 5.92 Å². The van der Waals surface area contributed by atoms with Crippen molar-refractivity contribution in [3.8, 4) is 0 Å². The molecule has 0 atom stereocenters. The van der Waals surface area contributed by atoms with Crippen molar-refractivity contribution in [1.82, 2.24) is 15.0 Å². The lowest BCUT2D eigenvalue weighted by Crippen LogP contribution is -2.18. The van der Waals surface area contributed by atoms with Crippen molar-refractivity contribution in [2.24, 2.45) is 5.92 Å². The fourth-order valence-electron chi connectivity index (χ4n) is 3.81. The summed E-state index contributed by atoms with van der Waals surface area (Å²) in [4.78, 5) is 0. The number of aliphatic hydroxyl groups is 1. The summed E-state index contributed by atoms with van der Waals surface area (Å²) in [6.07, 6.45) is 12.8. The lowest BCUT2D eigenvalue weighted by Gasteiger charge is -2.29. The first-order chi connectivity index (χ1) is 10.8. The van der Waals surface area contributed by atoms with Gasteiger partial charge in [-0.25, -0.2) is 4.68 Å². The second-order valence-corrected chi connectivity index (χ2v) is 6.87. The molecule has 0 aromatic carbocycles. The van der Waals surface area contributed by atoms with Crippen molar-refractivity contribution in [3.63, 3.8) is 0 Å². The number of hydrogen-bond acceptors (Lipinski definition) is 3. The number of hydrogen-bond donors (Lipinski definition) is 1. The zero-order valence-electron chi connectivity index (χ0n) is 14.4. The zero-order chi connectivity index (χ0) is 15.8. The van der Waals surface area contributed by atoms with Crippen LogP contribution in [0.25, 0.3) is 0 Å². The van der Waals surface area contributed by atoms with Crippen LogP contribution in [0.1, 0.15) is 95.4 Å². The molecule has 0 bridgehead atoms. The number of rotatable bonds is 9. The van der Waals surface area contributed by atoms with Crippen molar-refractivity contribution < 1.29 is 5.11 Å². The summed E-state index contributed by atoms with van der Waals surface area (Å²) in [5.41, 5.74) is 2.04. The molecule has 1 aliphatic rings. The molecule has 1 N–H and O–H groups in total. The molecule has 2 rings (SSSR count).